The number of aliphatic hydroxyl groups excluding tert-OH is 1. The summed E-state index contributed by atoms with van der Waals surface area (Å²) in [7, 11) is -4.99. The molecule has 0 aliphatic heterocycles. The maximum absolute atomic E-state index is 10.7. The molecule has 0 atom stereocenters. The fourth-order valence-corrected chi connectivity index (χ4v) is 1.52. The van der Waals surface area contributed by atoms with E-state index in [-0.39, 0.29) is 16.8 Å². The molecule has 0 bridgehead atoms. The van der Waals surface area contributed by atoms with Crippen LogP contribution < -0.4 is 4.18 Å². The Kier molecular flexibility index (Phi) is 3.58. The summed E-state index contributed by atoms with van der Waals surface area (Å²) in [5, 5.41) is 8.88. The third-order valence-electron chi connectivity index (χ3n) is 1.81. The van der Waals surface area contributed by atoms with Crippen molar-refractivity contribution in [2.75, 3.05) is 0 Å². The number of nitrogens with zero attached hydrogens (tertiary/aromatic N) is 1. The van der Waals surface area contributed by atoms with E-state index in [1.807, 2.05) is 0 Å². The topological polar surface area (TPSA) is 117 Å². The summed E-state index contributed by atoms with van der Waals surface area (Å²) in [6.45, 7) is 0.852. The average molecular weight is 246 g/mol. The smallest absolute Gasteiger partial charge is 0.262 e. The fraction of sp³-hybridized carbons (Fsp3) is 0.250. The lowest BCUT2D eigenvalue weighted by molar-refractivity contribution is 0.111. The highest BCUT2D eigenvalue weighted by Gasteiger charge is 2.15. The molecule has 0 fully saturated rings. The van der Waals surface area contributed by atoms with Crippen LogP contribution in [0.4, 0.5) is 0 Å². The van der Waals surface area contributed by atoms with Gasteiger partial charge in [-0.05, 0) is 6.92 Å². The lowest BCUT2D eigenvalue weighted by atomic mass is 10.1. The first-order valence-electron chi connectivity index (χ1n) is 4.09. The van der Waals surface area contributed by atoms with E-state index in [4.69, 9.17) is 5.11 Å². The summed E-state index contributed by atoms with van der Waals surface area (Å²) in [5.74, 6) is -0.448. The van der Waals surface area contributed by atoms with Crippen molar-refractivity contribution >= 4 is 16.7 Å². The molecular formula is C8H8NO6S-. The Labute approximate surface area is 91.7 Å². The molecule has 0 unspecified atom stereocenters. The standard InChI is InChI=1S/C8H9NO6S/c1-5-8(15-16(12,13)14)7(4-11)6(3-10)2-9-5/h2,4,10H,3H2,1H3,(H,12,13,14)/p-1. The number of pyridine rings is 1. The number of aliphatic hydroxyl groups is 1. The first kappa shape index (κ1) is 12.6. The monoisotopic (exact) mass is 246 g/mol. The van der Waals surface area contributed by atoms with Gasteiger partial charge in [0.25, 0.3) is 10.4 Å². The zero-order valence-corrected chi connectivity index (χ0v) is 9.02. The second kappa shape index (κ2) is 4.56. The quantitative estimate of drug-likeness (QED) is 0.433. The number of carbonyl (C=O) groups is 1. The third-order valence-corrected chi connectivity index (χ3v) is 2.18. The molecule has 8 heteroatoms. The number of aryl methyl sites for hydroxylation is 1. The van der Waals surface area contributed by atoms with Gasteiger partial charge in [-0.1, -0.05) is 0 Å². The third kappa shape index (κ3) is 2.75. The first-order valence-corrected chi connectivity index (χ1v) is 5.42. The molecule has 0 aromatic carbocycles. The van der Waals surface area contributed by atoms with Crippen molar-refractivity contribution in [2.45, 2.75) is 13.5 Å². The highest BCUT2D eigenvalue weighted by Crippen LogP contribution is 2.24. The van der Waals surface area contributed by atoms with Crippen LogP contribution in [0.25, 0.3) is 0 Å². The Balaban J connectivity index is 3.40. The normalized spacial score (nSPS) is 11.2. The predicted octanol–water partition coefficient (Wildman–Crippen LogP) is -0.466. The van der Waals surface area contributed by atoms with Crippen LogP contribution in [0.15, 0.2) is 6.20 Å². The maximum atomic E-state index is 10.7. The van der Waals surface area contributed by atoms with E-state index < -0.39 is 22.8 Å². The molecule has 1 heterocycles. The molecule has 0 saturated carbocycles. The van der Waals surface area contributed by atoms with Crippen molar-refractivity contribution in [2.24, 2.45) is 0 Å². The lowest BCUT2D eigenvalue weighted by Crippen LogP contribution is -2.12. The van der Waals surface area contributed by atoms with Crippen LogP contribution in [0, 0.1) is 6.92 Å². The van der Waals surface area contributed by atoms with E-state index in [1.54, 1.807) is 0 Å². The molecule has 0 spiro atoms. The number of aromatic nitrogens is 1. The zero-order valence-electron chi connectivity index (χ0n) is 8.21. The summed E-state index contributed by atoms with van der Waals surface area (Å²) < 4.78 is 35.4. The van der Waals surface area contributed by atoms with Crippen molar-refractivity contribution in [1.82, 2.24) is 4.98 Å². The molecule has 0 aliphatic carbocycles. The van der Waals surface area contributed by atoms with Crippen molar-refractivity contribution in [3.63, 3.8) is 0 Å². The zero-order chi connectivity index (χ0) is 12.3. The minimum absolute atomic E-state index is 0.0683. The van der Waals surface area contributed by atoms with Crippen LogP contribution in [-0.2, 0) is 17.0 Å². The highest BCUT2D eigenvalue weighted by atomic mass is 32.3. The Bertz CT molecular complexity index is 510. The Morgan fingerprint density at radius 1 is 1.62 bits per heavy atom. The molecule has 0 radical (unpaired) electrons. The summed E-state index contributed by atoms with van der Waals surface area (Å²) in [6, 6.07) is 0. The average Bonchev–Trinajstić information content (AvgIpc) is 2.19. The highest BCUT2D eigenvalue weighted by molar-refractivity contribution is 7.81. The molecule has 88 valence electrons. The number of hydrogen-bond donors (Lipinski definition) is 1. The summed E-state index contributed by atoms with van der Waals surface area (Å²) in [6.07, 6.45) is 1.49. The first-order chi connectivity index (χ1) is 7.39. The second-order valence-corrected chi connectivity index (χ2v) is 3.86. The van der Waals surface area contributed by atoms with Gasteiger partial charge in [0.15, 0.2) is 12.0 Å². The molecule has 16 heavy (non-hydrogen) atoms. The van der Waals surface area contributed by atoms with Gasteiger partial charge in [0.2, 0.25) is 0 Å². The van der Waals surface area contributed by atoms with Gasteiger partial charge in [-0.3, -0.25) is 9.78 Å². The van der Waals surface area contributed by atoms with E-state index in [9.17, 15) is 17.8 Å². The van der Waals surface area contributed by atoms with Crippen molar-refractivity contribution in [3.05, 3.63) is 23.0 Å². The van der Waals surface area contributed by atoms with E-state index >= 15 is 0 Å². The van der Waals surface area contributed by atoms with Gasteiger partial charge >= 0.3 is 0 Å². The van der Waals surface area contributed by atoms with Crippen LogP contribution in [0.5, 0.6) is 5.75 Å². The number of rotatable bonds is 4. The summed E-state index contributed by atoms with van der Waals surface area (Å²) in [4.78, 5) is 14.4. The molecule has 0 amide bonds. The Morgan fingerprint density at radius 3 is 2.69 bits per heavy atom. The molecule has 1 aromatic heterocycles. The van der Waals surface area contributed by atoms with Crippen LogP contribution >= 0.6 is 0 Å². The second-order valence-electron chi connectivity index (χ2n) is 2.88. The van der Waals surface area contributed by atoms with E-state index in [0.717, 1.165) is 0 Å². The molecule has 7 nitrogen and oxygen atoms in total. The van der Waals surface area contributed by atoms with Crippen LogP contribution in [0.1, 0.15) is 21.6 Å². The Morgan fingerprint density at radius 2 is 2.25 bits per heavy atom. The van der Waals surface area contributed by atoms with Crippen molar-refractivity contribution < 1.29 is 27.1 Å². The predicted molar refractivity (Wildman–Crippen MR) is 50.6 cm³/mol. The minimum Gasteiger partial charge on any atom is -0.716 e. The van der Waals surface area contributed by atoms with E-state index in [2.05, 4.69) is 9.17 Å². The van der Waals surface area contributed by atoms with E-state index in [0.29, 0.717) is 6.29 Å². The Hall–Kier alpha value is -1.51. The van der Waals surface area contributed by atoms with E-state index in [1.165, 1.54) is 13.1 Å². The largest absolute Gasteiger partial charge is 0.716 e. The molecule has 0 saturated heterocycles. The van der Waals surface area contributed by atoms with Gasteiger partial charge in [0.1, 0.15) is 0 Å². The molecular weight excluding hydrogens is 238 g/mol. The SMILES string of the molecule is Cc1ncc(CO)c(C=O)c1OS(=O)(=O)[O-]. The van der Waals surface area contributed by atoms with Crippen LogP contribution in [0.2, 0.25) is 0 Å². The number of aldehydes is 1. The van der Waals surface area contributed by atoms with Gasteiger partial charge < -0.3 is 13.8 Å². The number of carbonyl (C=O) groups excluding carboxylic acids is 1. The van der Waals surface area contributed by atoms with Gasteiger partial charge in [0.05, 0.1) is 17.9 Å². The maximum Gasteiger partial charge on any atom is 0.262 e. The van der Waals surface area contributed by atoms with Gasteiger partial charge in [-0.15, -0.1) is 0 Å². The number of hydrogen-bond acceptors (Lipinski definition) is 7. The minimum atomic E-state index is -4.99. The molecule has 1 rings (SSSR count). The molecule has 1 N–H and O–H groups in total. The van der Waals surface area contributed by atoms with Crippen molar-refractivity contribution in [3.8, 4) is 5.75 Å². The summed E-state index contributed by atoms with van der Waals surface area (Å²) >= 11 is 0. The molecule has 1 aromatic rings. The summed E-state index contributed by atoms with van der Waals surface area (Å²) in [5.41, 5.74) is -0.0487. The molecule has 0 aliphatic rings. The van der Waals surface area contributed by atoms with Gasteiger partial charge in [-0.25, -0.2) is 8.42 Å². The van der Waals surface area contributed by atoms with Crippen molar-refractivity contribution in [1.29, 1.82) is 0 Å². The van der Waals surface area contributed by atoms with Gasteiger partial charge in [0, 0.05) is 11.8 Å². The van der Waals surface area contributed by atoms with Crippen LogP contribution in [-0.4, -0.2) is 29.3 Å². The van der Waals surface area contributed by atoms with Crippen LogP contribution in [0.3, 0.4) is 0 Å². The van der Waals surface area contributed by atoms with Gasteiger partial charge in [-0.2, -0.15) is 0 Å². The fourth-order valence-electron chi connectivity index (χ4n) is 1.11. The lowest BCUT2D eigenvalue weighted by Gasteiger charge is -2.14.